The number of benzene rings is 2. The van der Waals surface area contributed by atoms with Gasteiger partial charge >= 0.3 is 0 Å². The second-order valence-electron chi connectivity index (χ2n) is 6.70. The van der Waals surface area contributed by atoms with Gasteiger partial charge < -0.3 is 19.8 Å². The highest BCUT2D eigenvalue weighted by Crippen LogP contribution is 2.26. The van der Waals surface area contributed by atoms with E-state index in [2.05, 4.69) is 26.0 Å². The molecule has 0 aliphatic carbocycles. The Labute approximate surface area is 183 Å². The van der Waals surface area contributed by atoms with Crippen molar-refractivity contribution in [2.24, 2.45) is 0 Å². The van der Waals surface area contributed by atoms with Gasteiger partial charge in [-0.15, -0.1) is 10.2 Å². The topological polar surface area (TPSA) is 124 Å². The Hall–Kier alpha value is -4.47. The van der Waals surface area contributed by atoms with Gasteiger partial charge in [0, 0.05) is 5.56 Å². The number of nitrogens with zero attached hydrogens (tertiary/aromatic N) is 4. The van der Waals surface area contributed by atoms with Crippen molar-refractivity contribution >= 4 is 17.5 Å². The number of amides is 2. The highest BCUT2D eigenvalue weighted by atomic mass is 16.5. The average molecular weight is 432 g/mol. The van der Waals surface area contributed by atoms with Crippen LogP contribution in [0.15, 0.2) is 71.3 Å². The molecule has 0 fully saturated rings. The van der Waals surface area contributed by atoms with Gasteiger partial charge in [0.2, 0.25) is 11.7 Å². The molecule has 0 bridgehead atoms. The van der Waals surface area contributed by atoms with Crippen LogP contribution in [0.2, 0.25) is 0 Å². The third-order valence-corrected chi connectivity index (χ3v) is 4.55. The first-order valence-corrected chi connectivity index (χ1v) is 9.74. The van der Waals surface area contributed by atoms with Crippen molar-refractivity contribution in [3.05, 3.63) is 78.3 Å². The second kappa shape index (κ2) is 9.56. The summed E-state index contributed by atoms with van der Waals surface area (Å²) in [5.74, 6) is 0.764. The number of para-hydroxylation sites is 2. The predicted molar refractivity (Wildman–Crippen MR) is 115 cm³/mol. The quantitative estimate of drug-likeness (QED) is 0.438. The van der Waals surface area contributed by atoms with Crippen LogP contribution in [-0.2, 0) is 17.9 Å². The number of hydrogen-bond acceptors (Lipinski definition) is 7. The van der Waals surface area contributed by atoms with Crippen molar-refractivity contribution in [1.29, 1.82) is 0 Å². The molecule has 10 heteroatoms. The van der Waals surface area contributed by atoms with Crippen molar-refractivity contribution in [1.82, 2.24) is 25.5 Å². The molecule has 10 nitrogen and oxygen atoms in total. The van der Waals surface area contributed by atoms with Gasteiger partial charge in [-0.05, 0) is 41.6 Å². The molecule has 2 N–H and O–H groups in total. The SMILES string of the molecule is COc1ccccc1C(=O)Nc1ccccc1-c1nnn(CC(=O)NCc2ccco2)n1. The van der Waals surface area contributed by atoms with Gasteiger partial charge in [-0.25, -0.2) is 0 Å². The van der Waals surface area contributed by atoms with Crippen LogP contribution in [0, 0.1) is 0 Å². The molecule has 2 aromatic carbocycles. The zero-order chi connectivity index (χ0) is 22.3. The van der Waals surface area contributed by atoms with E-state index in [1.165, 1.54) is 18.2 Å². The molecule has 32 heavy (non-hydrogen) atoms. The van der Waals surface area contributed by atoms with Gasteiger partial charge in [0.15, 0.2) is 0 Å². The summed E-state index contributed by atoms with van der Waals surface area (Å²) in [5, 5.41) is 17.8. The lowest BCUT2D eigenvalue weighted by Gasteiger charge is -2.11. The summed E-state index contributed by atoms with van der Waals surface area (Å²) in [6.07, 6.45) is 1.54. The van der Waals surface area contributed by atoms with Crippen molar-refractivity contribution in [2.45, 2.75) is 13.1 Å². The van der Waals surface area contributed by atoms with Crippen molar-refractivity contribution < 1.29 is 18.7 Å². The molecule has 0 aliphatic heterocycles. The molecule has 0 saturated carbocycles. The highest BCUT2D eigenvalue weighted by Gasteiger charge is 2.17. The van der Waals surface area contributed by atoms with E-state index < -0.39 is 0 Å². The van der Waals surface area contributed by atoms with Crippen LogP contribution in [0.25, 0.3) is 11.4 Å². The third kappa shape index (κ3) is 4.81. The Kier molecular flexibility index (Phi) is 6.21. The van der Waals surface area contributed by atoms with Crippen molar-refractivity contribution in [3.63, 3.8) is 0 Å². The standard InChI is InChI=1S/C22H20N6O4/c1-31-19-11-5-3-9-17(19)22(30)24-18-10-4-2-8-16(18)21-25-27-28(26-21)14-20(29)23-13-15-7-6-12-32-15/h2-12H,13-14H2,1H3,(H,23,29)(H,24,30). The third-order valence-electron chi connectivity index (χ3n) is 4.55. The van der Waals surface area contributed by atoms with E-state index in [0.29, 0.717) is 28.3 Å². The largest absolute Gasteiger partial charge is 0.496 e. The van der Waals surface area contributed by atoms with Crippen molar-refractivity contribution in [2.75, 3.05) is 12.4 Å². The number of carbonyl (C=O) groups excluding carboxylic acids is 2. The minimum absolute atomic E-state index is 0.108. The summed E-state index contributed by atoms with van der Waals surface area (Å²) in [4.78, 5) is 26.1. The van der Waals surface area contributed by atoms with Gasteiger partial charge in [-0.1, -0.05) is 24.3 Å². The van der Waals surface area contributed by atoms with Gasteiger partial charge in [0.05, 0.1) is 31.2 Å². The Bertz CT molecular complexity index is 1220. The number of carbonyl (C=O) groups is 2. The molecule has 0 radical (unpaired) electrons. The maximum Gasteiger partial charge on any atom is 0.259 e. The van der Waals surface area contributed by atoms with E-state index in [1.54, 1.807) is 60.7 Å². The number of nitrogens with one attached hydrogen (secondary N) is 2. The fourth-order valence-electron chi connectivity index (χ4n) is 3.01. The molecule has 0 atom stereocenters. The molecule has 0 saturated heterocycles. The molecule has 2 heterocycles. The number of tetrazole rings is 1. The Balaban J connectivity index is 1.46. The molecular formula is C22H20N6O4. The molecule has 0 spiro atoms. The fraction of sp³-hybridized carbons (Fsp3) is 0.136. The van der Waals surface area contributed by atoms with E-state index >= 15 is 0 Å². The smallest absolute Gasteiger partial charge is 0.259 e. The molecule has 0 unspecified atom stereocenters. The van der Waals surface area contributed by atoms with Crippen LogP contribution in [0.1, 0.15) is 16.1 Å². The summed E-state index contributed by atoms with van der Waals surface area (Å²) < 4.78 is 10.4. The first kappa shape index (κ1) is 20.8. The summed E-state index contributed by atoms with van der Waals surface area (Å²) in [6, 6.07) is 17.5. The summed E-state index contributed by atoms with van der Waals surface area (Å²) in [7, 11) is 1.51. The molecule has 0 aliphatic rings. The summed E-state index contributed by atoms with van der Waals surface area (Å²) in [6.45, 7) is 0.161. The maximum absolute atomic E-state index is 12.8. The summed E-state index contributed by atoms with van der Waals surface area (Å²) >= 11 is 0. The van der Waals surface area contributed by atoms with E-state index in [0.717, 1.165) is 0 Å². The highest BCUT2D eigenvalue weighted by molar-refractivity contribution is 6.07. The monoisotopic (exact) mass is 432 g/mol. The molecule has 162 valence electrons. The van der Waals surface area contributed by atoms with E-state index in [-0.39, 0.29) is 30.7 Å². The normalized spacial score (nSPS) is 10.5. The van der Waals surface area contributed by atoms with Crippen LogP contribution in [0.4, 0.5) is 5.69 Å². The number of aromatic nitrogens is 4. The Morgan fingerprint density at radius 1 is 1.06 bits per heavy atom. The van der Waals surface area contributed by atoms with Crippen LogP contribution >= 0.6 is 0 Å². The molecule has 2 amide bonds. The van der Waals surface area contributed by atoms with E-state index in [4.69, 9.17) is 9.15 Å². The number of ether oxygens (including phenoxy) is 1. The fourth-order valence-corrected chi connectivity index (χ4v) is 3.01. The van der Waals surface area contributed by atoms with Gasteiger partial charge in [0.1, 0.15) is 18.1 Å². The van der Waals surface area contributed by atoms with Crippen molar-refractivity contribution in [3.8, 4) is 17.1 Å². The lowest BCUT2D eigenvalue weighted by Crippen LogP contribution is -2.27. The first-order chi connectivity index (χ1) is 15.6. The Morgan fingerprint density at radius 3 is 2.69 bits per heavy atom. The molecule has 2 aromatic heterocycles. The van der Waals surface area contributed by atoms with Crippen LogP contribution in [-0.4, -0.2) is 39.1 Å². The minimum atomic E-state index is -0.334. The van der Waals surface area contributed by atoms with Gasteiger partial charge in [-0.2, -0.15) is 4.80 Å². The van der Waals surface area contributed by atoms with Crippen LogP contribution in [0.3, 0.4) is 0 Å². The number of methoxy groups -OCH3 is 1. The van der Waals surface area contributed by atoms with Gasteiger partial charge in [-0.3, -0.25) is 9.59 Å². The molecular weight excluding hydrogens is 412 g/mol. The van der Waals surface area contributed by atoms with E-state index in [9.17, 15) is 9.59 Å². The van der Waals surface area contributed by atoms with Crippen LogP contribution in [0.5, 0.6) is 5.75 Å². The number of rotatable bonds is 8. The lowest BCUT2D eigenvalue weighted by molar-refractivity contribution is -0.122. The van der Waals surface area contributed by atoms with Crippen LogP contribution < -0.4 is 15.4 Å². The second-order valence-corrected chi connectivity index (χ2v) is 6.70. The zero-order valence-electron chi connectivity index (χ0n) is 17.2. The Morgan fingerprint density at radius 2 is 1.88 bits per heavy atom. The first-order valence-electron chi connectivity index (χ1n) is 9.74. The summed E-state index contributed by atoms with van der Waals surface area (Å²) in [5.41, 5.74) is 1.47. The predicted octanol–water partition coefficient (Wildman–Crippen LogP) is 2.51. The zero-order valence-corrected chi connectivity index (χ0v) is 17.2. The molecule has 4 rings (SSSR count). The number of hydrogen-bond donors (Lipinski definition) is 2. The maximum atomic E-state index is 12.8. The van der Waals surface area contributed by atoms with E-state index in [1.807, 2.05) is 0 Å². The minimum Gasteiger partial charge on any atom is -0.496 e. The number of anilines is 1. The average Bonchev–Trinajstić information content (AvgIpc) is 3.50. The number of furan rings is 1. The lowest BCUT2D eigenvalue weighted by atomic mass is 10.1. The van der Waals surface area contributed by atoms with Gasteiger partial charge in [0.25, 0.3) is 5.91 Å². The molecule has 4 aromatic rings.